The van der Waals surface area contributed by atoms with Gasteiger partial charge in [-0.15, -0.1) is 0 Å². The van der Waals surface area contributed by atoms with Gasteiger partial charge in [0.15, 0.2) is 0 Å². The molecule has 6 heteroatoms. The molecule has 1 heterocycles. The van der Waals surface area contributed by atoms with Gasteiger partial charge in [-0.2, -0.15) is 0 Å². The molecule has 0 radical (unpaired) electrons. The van der Waals surface area contributed by atoms with Crippen LogP contribution in [0.25, 0.3) is 0 Å². The van der Waals surface area contributed by atoms with E-state index < -0.39 is 10.0 Å². The SMILES string of the molecule is CNS(=O)(=O)C1CCN(Cc2ccc(CO)cc2)C1. The van der Waals surface area contributed by atoms with Crippen LogP contribution in [-0.2, 0) is 23.2 Å². The summed E-state index contributed by atoms with van der Waals surface area (Å²) in [5, 5.41) is 8.67. The second-order valence-electron chi connectivity index (χ2n) is 4.87. The zero-order chi connectivity index (χ0) is 13.9. The molecule has 0 saturated carbocycles. The van der Waals surface area contributed by atoms with Gasteiger partial charge in [0.1, 0.15) is 0 Å². The van der Waals surface area contributed by atoms with Gasteiger partial charge in [0, 0.05) is 13.1 Å². The molecule has 5 nitrogen and oxygen atoms in total. The number of hydrogen-bond donors (Lipinski definition) is 2. The summed E-state index contributed by atoms with van der Waals surface area (Å²) >= 11 is 0. The molecule has 0 aromatic heterocycles. The van der Waals surface area contributed by atoms with Crippen LogP contribution in [0.3, 0.4) is 0 Å². The highest BCUT2D eigenvalue weighted by atomic mass is 32.2. The largest absolute Gasteiger partial charge is 0.392 e. The molecule has 0 amide bonds. The Labute approximate surface area is 114 Å². The summed E-state index contributed by atoms with van der Waals surface area (Å²) in [5.41, 5.74) is 2.03. The van der Waals surface area contributed by atoms with E-state index in [0.717, 1.165) is 24.2 Å². The van der Waals surface area contributed by atoms with Gasteiger partial charge < -0.3 is 5.11 Å². The summed E-state index contributed by atoms with van der Waals surface area (Å²) in [5.74, 6) is 0. The average Bonchev–Trinajstić information content (AvgIpc) is 2.89. The molecular weight excluding hydrogens is 264 g/mol. The summed E-state index contributed by atoms with van der Waals surface area (Å²) in [4.78, 5) is 2.15. The minimum atomic E-state index is -3.16. The van der Waals surface area contributed by atoms with E-state index in [-0.39, 0.29) is 11.9 Å². The lowest BCUT2D eigenvalue weighted by atomic mass is 10.1. The first-order chi connectivity index (χ1) is 9.05. The molecule has 1 atom stereocenters. The molecule has 2 N–H and O–H groups in total. The van der Waals surface area contributed by atoms with Crippen molar-refractivity contribution in [1.82, 2.24) is 9.62 Å². The van der Waals surface area contributed by atoms with E-state index in [0.29, 0.717) is 13.0 Å². The average molecular weight is 284 g/mol. The first-order valence-corrected chi connectivity index (χ1v) is 7.93. The van der Waals surface area contributed by atoms with Gasteiger partial charge in [0.05, 0.1) is 11.9 Å². The Morgan fingerprint density at radius 3 is 2.53 bits per heavy atom. The Morgan fingerprint density at radius 1 is 1.32 bits per heavy atom. The maximum atomic E-state index is 11.7. The summed E-state index contributed by atoms with van der Waals surface area (Å²) in [6, 6.07) is 7.75. The van der Waals surface area contributed by atoms with Crippen LogP contribution in [-0.4, -0.2) is 43.8 Å². The number of likely N-dealkylation sites (tertiary alicyclic amines) is 1. The maximum Gasteiger partial charge on any atom is 0.215 e. The molecule has 0 aliphatic carbocycles. The van der Waals surface area contributed by atoms with E-state index in [4.69, 9.17) is 5.11 Å². The lowest BCUT2D eigenvalue weighted by molar-refractivity contribution is 0.281. The number of sulfonamides is 1. The third-order valence-electron chi connectivity index (χ3n) is 3.56. The highest BCUT2D eigenvalue weighted by Crippen LogP contribution is 2.18. The second-order valence-corrected chi connectivity index (χ2v) is 7.03. The first-order valence-electron chi connectivity index (χ1n) is 6.38. The Kier molecular flexibility index (Phi) is 4.57. The molecule has 1 aromatic rings. The minimum Gasteiger partial charge on any atom is -0.392 e. The number of aliphatic hydroxyl groups is 1. The highest BCUT2D eigenvalue weighted by Gasteiger charge is 2.31. The van der Waals surface area contributed by atoms with Crippen molar-refractivity contribution in [2.75, 3.05) is 20.1 Å². The fourth-order valence-corrected chi connectivity index (χ4v) is 3.53. The highest BCUT2D eigenvalue weighted by molar-refractivity contribution is 7.90. The fourth-order valence-electron chi connectivity index (χ4n) is 2.37. The van der Waals surface area contributed by atoms with Gasteiger partial charge in [0.25, 0.3) is 0 Å². The predicted octanol–water partition coefficient (Wildman–Crippen LogP) is 0.302. The smallest absolute Gasteiger partial charge is 0.215 e. The van der Waals surface area contributed by atoms with Crippen molar-refractivity contribution in [2.45, 2.75) is 24.8 Å². The van der Waals surface area contributed by atoms with E-state index in [9.17, 15) is 8.42 Å². The van der Waals surface area contributed by atoms with Crippen molar-refractivity contribution in [1.29, 1.82) is 0 Å². The summed E-state index contributed by atoms with van der Waals surface area (Å²) < 4.78 is 25.8. The van der Waals surface area contributed by atoms with Crippen molar-refractivity contribution in [3.05, 3.63) is 35.4 Å². The van der Waals surface area contributed by atoms with Crippen molar-refractivity contribution >= 4 is 10.0 Å². The molecule has 1 saturated heterocycles. The Hall–Kier alpha value is -0.950. The molecule has 2 rings (SSSR count). The van der Waals surface area contributed by atoms with Crippen molar-refractivity contribution in [3.63, 3.8) is 0 Å². The zero-order valence-electron chi connectivity index (χ0n) is 11.0. The van der Waals surface area contributed by atoms with E-state index in [1.807, 2.05) is 24.3 Å². The summed E-state index contributed by atoms with van der Waals surface area (Å²) in [6.45, 7) is 2.17. The number of nitrogens with zero attached hydrogens (tertiary/aromatic N) is 1. The van der Waals surface area contributed by atoms with E-state index in [1.165, 1.54) is 7.05 Å². The lowest BCUT2D eigenvalue weighted by Gasteiger charge is -2.16. The molecule has 0 spiro atoms. The quantitative estimate of drug-likeness (QED) is 0.816. The Morgan fingerprint density at radius 2 is 1.95 bits per heavy atom. The Balaban J connectivity index is 1.94. The number of rotatable bonds is 5. The normalized spacial score (nSPS) is 20.8. The van der Waals surface area contributed by atoms with Gasteiger partial charge in [0.2, 0.25) is 10.0 Å². The number of benzene rings is 1. The molecule has 1 fully saturated rings. The summed E-state index contributed by atoms with van der Waals surface area (Å²) in [7, 11) is -1.69. The van der Waals surface area contributed by atoms with Crippen molar-refractivity contribution < 1.29 is 13.5 Å². The fraction of sp³-hybridized carbons (Fsp3) is 0.538. The van der Waals surface area contributed by atoms with Gasteiger partial charge >= 0.3 is 0 Å². The molecule has 1 unspecified atom stereocenters. The lowest BCUT2D eigenvalue weighted by Crippen LogP contribution is -2.34. The number of hydrogen-bond acceptors (Lipinski definition) is 4. The van der Waals surface area contributed by atoms with Gasteiger partial charge in [-0.1, -0.05) is 24.3 Å². The molecule has 1 aliphatic heterocycles. The van der Waals surface area contributed by atoms with Crippen LogP contribution in [0, 0.1) is 0 Å². The number of aliphatic hydroxyl groups excluding tert-OH is 1. The standard InChI is InChI=1S/C13H20N2O3S/c1-14-19(17,18)13-6-7-15(9-13)8-11-2-4-12(10-16)5-3-11/h2-5,13-14,16H,6-10H2,1H3. The van der Waals surface area contributed by atoms with Gasteiger partial charge in [-0.25, -0.2) is 13.1 Å². The van der Waals surface area contributed by atoms with Gasteiger partial charge in [-0.3, -0.25) is 4.90 Å². The maximum absolute atomic E-state index is 11.7. The van der Waals surface area contributed by atoms with Crippen LogP contribution in [0.2, 0.25) is 0 Å². The van der Waals surface area contributed by atoms with Gasteiger partial charge in [-0.05, 0) is 31.1 Å². The third kappa shape index (κ3) is 3.54. The van der Waals surface area contributed by atoms with Crippen LogP contribution in [0.5, 0.6) is 0 Å². The molecule has 1 aromatic carbocycles. The van der Waals surface area contributed by atoms with E-state index in [1.54, 1.807) is 0 Å². The van der Waals surface area contributed by atoms with Crippen molar-refractivity contribution in [2.24, 2.45) is 0 Å². The van der Waals surface area contributed by atoms with Crippen LogP contribution >= 0.6 is 0 Å². The van der Waals surface area contributed by atoms with Crippen LogP contribution in [0.15, 0.2) is 24.3 Å². The molecular formula is C13H20N2O3S. The van der Waals surface area contributed by atoms with Crippen LogP contribution < -0.4 is 4.72 Å². The molecule has 19 heavy (non-hydrogen) atoms. The van der Waals surface area contributed by atoms with E-state index in [2.05, 4.69) is 9.62 Å². The minimum absolute atomic E-state index is 0.0481. The zero-order valence-corrected chi connectivity index (χ0v) is 11.9. The molecule has 1 aliphatic rings. The monoisotopic (exact) mass is 284 g/mol. The summed E-state index contributed by atoms with van der Waals surface area (Å²) in [6.07, 6.45) is 0.678. The Bertz CT molecular complexity index is 513. The van der Waals surface area contributed by atoms with Crippen LogP contribution in [0.1, 0.15) is 17.5 Å². The topological polar surface area (TPSA) is 69.6 Å². The molecule has 106 valence electrons. The van der Waals surface area contributed by atoms with Crippen LogP contribution in [0.4, 0.5) is 0 Å². The van der Waals surface area contributed by atoms with Crippen molar-refractivity contribution in [3.8, 4) is 0 Å². The number of nitrogens with one attached hydrogen (secondary N) is 1. The predicted molar refractivity (Wildman–Crippen MR) is 74.0 cm³/mol. The molecule has 0 bridgehead atoms. The first kappa shape index (κ1) is 14.5. The second kappa shape index (κ2) is 6.00. The van der Waals surface area contributed by atoms with E-state index >= 15 is 0 Å². The third-order valence-corrected chi connectivity index (χ3v) is 5.40.